The van der Waals surface area contributed by atoms with Gasteiger partial charge in [0.25, 0.3) is 0 Å². The molecular weight excluding hydrogens is 432 g/mol. The van der Waals surface area contributed by atoms with E-state index in [-0.39, 0.29) is 0 Å². The van der Waals surface area contributed by atoms with Crippen LogP contribution >= 0.6 is 0 Å². The van der Waals surface area contributed by atoms with Crippen LogP contribution in [0, 0.1) is 0 Å². The zero-order valence-corrected chi connectivity index (χ0v) is 18.7. The second-order valence-corrected chi connectivity index (χ2v) is 8.45. The molecule has 0 spiro atoms. The second kappa shape index (κ2) is 9.52. The minimum Gasteiger partial charge on any atom is -0.480 e. The minimum atomic E-state index is -0.829. The summed E-state index contributed by atoms with van der Waals surface area (Å²) in [6.45, 7) is 2.99. The van der Waals surface area contributed by atoms with E-state index in [0.717, 1.165) is 34.1 Å². The molecule has 3 heterocycles. The average Bonchev–Trinajstić information content (AvgIpc) is 2.86. The first-order valence-corrected chi connectivity index (χ1v) is 11.4. The SMILES string of the molecule is O=C(O)C1CN(c2nccc3ccccc23)CCN1CCCNc1cc(=O)oc2ccccc12. The van der Waals surface area contributed by atoms with Crippen LogP contribution in [0.4, 0.5) is 11.5 Å². The lowest BCUT2D eigenvalue weighted by atomic mass is 10.1. The Kier molecular flexibility index (Phi) is 6.14. The van der Waals surface area contributed by atoms with Crippen molar-refractivity contribution < 1.29 is 14.3 Å². The highest BCUT2D eigenvalue weighted by Crippen LogP contribution is 2.26. The van der Waals surface area contributed by atoms with Gasteiger partial charge >= 0.3 is 11.6 Å². The number of carboxylic acids is 1. The van der Waals surface area contributed by atoms with Crippen LogP contribution in [-0.4, -0.2) is 59.7 Å². The number of piperazine rings is 1. The smallest absolute Gasteiger partial charge is 0.338 e. The van der Waals surface area contributed by atoms with Crippen LogP contribution < -0.4 is 15.8 Å². The van der Waals surface area contributed by atoms with Gasteiger partial charge in [-0.25, -0.2) is 9.78 Å². The molecule has 0 amide bonds. The summed E-state index contributed by atoms with van der Waals surface area (Å²) < 4.78 is 5.24. The number of carbonyl (C=O) groups is 1. The summed E-state index contributed by atoms with van der Waals surface area (Å²) in [6, 6.07) is 18.2. The van der Waals surface area contributed by atoms with Crippen molar-refractivity contribution in [2.45, 2.75) is 12.5 Å². The van der Waals surface area contributed by atoms with Gasteiger partial charge in [0.05, 0.1) is 5.69 Å². The van der Waals surface area contributed by atoms with Crippen molar-refractivity contribution >= 4 is 39.2 Å². The first-order valence-electron chi connectivity index (χ1n) is 11.4. The van der Waals surface area contributed by atoms with Gasteiger partial charge in [0.2, 0.25) is 0 Å². The van der Waals surface area contributed by atoms with Crippen molar-refractivity contribution in [2.75, 3.05) is 42.9 Å². The Balaban J connectivity index is 1.23. The Morgan fingerprint density at radius 3 is 2.74 bits per heavy atom. The van der Waals surface area contributed by atoms with E-state index in [0.29, 0.717) is 38.3 Å². The zero-order valence-electron chi connectivity index (χ0n) is 18.7. The van der Waals surface area contributed by atoms with Gasteiger partial charge in [0, 0.05) is 55.8 Å². The highest BCUT2D eigenvalue weighted by molar-refractivity contribution is 5.92. The van der Waals surface area contributed by atoms with E-state index in [4.69, 9.17) is 4.42 Å². The molecule has 8 nitrogen and oxygen atoms in total. The summed E-state index contributed by atoms with van der Waals surface area (Å²) in [5, 5.41) is 16.2. The monoisotopic (exact) mass is 458 g/mol. The van der Waals surface area contributed by atoms with Crippen LogP contribution in [0.5, 0.6) is 0 Å². The summed E-state index contributed by atoms with van der Waals surface area (Å²) in [5.74, 6) is 0.00464. The molecule has 1 unspecified atom stereocenters. The molecule has 1 aliphatic rings. The molecule has 0 aliphatic carbocycles. The van der Waals surface area contributed by atoms with Crippen LogP contribution in [0.15, 0.2) is 76.1 Å². The van der Waals surface area contributed by atoms with Gasteiger partial charge in [-0.2, -0.15) is 0 Å². The van der Waals surface area contributed by atoms with Crippen LogP contribution in [0.1, 0.15) is 6.42 Å². The normalized spacial score (nSPS) is 16.7. The fourth-order valence-electron chi connectivity index (χ4n) is 4.63. The van der Waals surface area contributed by atoms with Crippen molar-refractivity contribution in [2.24, 2.45) is 0 Å². The molecule has 2 N–H and O–H groups in total. The lowest BCUT2D eigenvalue weighted by Gasteiger charge is -2.40. The number of hydrogen-bond acceptors (Lipinski definition) is 7. The van der Waals surface area contributed by atoms with Gasteiger partial charge in [-0.15, -0.1) is 0 Å². The molecule has 1 fully saturated rings. The maximum Gasteiger partial charge on any atom is 0.338 e. The van der Waals surface area contributed by atoms with Crippen LogP contribution in [0.25, 0.3) is 21.7 Å². The van der Waals surface area contributed by atoms with Gasteiger partial charge in [-0.1, -0.05) is 36.4 Å². The van der Waals surface area contributed by atoms with Crippen molar-refractivity contribution in [3.8, 4) is 0 Å². The van der Waals surface area contributed by atoms with Gasteiger partial charge in [0.1, 0.15) is 17.4 Å². The van der Waals surface area contributed by atoms with Crippen molar-refractivity contribution in [3.05, 3.63) is 77.3 Å². The van der Waals surface area contributed by atoms with E-state index >= 15 is 0 Å². The summed E-state index contributed by atoms with van der Waals surface area (Å²) in [6.07, 6.45) is 2.52. The van der Waals surface area contributed by atoms with Gasteiger partial charge < -0.3 is 19.7 Å². The van der Waals surface area contributed by atoms with Gasteiger partial charge in [-0.3, -0.25) is 9.69 Å². The third-order valence-electron chi connectivity index (χ3n) is 6.32. The van der Waals surface area contributed by atoms with Crippen LogP contribution in [0.2, 0.25) is 0 Å². The summed E-state index contributed by atoms with van der Waals surface area (Å²) >= 11 is 0. The summed E-state index contributed by atoms with van der Waals surface area (Å²) in [5.41, 5.74) is 0.875. The number of nitrogens with zero attached hydrogens (tertiary/aromatic N) is 3. The molecule has 2 aromatic heterocycles. The Hall–Kier alpha value is -3.91. The van der Waals surface area contributed by atoms with Crippen molar-refractivity contribution in [1.82, 2.24) is 9.88 Å². The number of para-hydroxylation sites is 1. The number of nitrogens with one attached hydrogen (secondary N) is 1. The standard InChI is InChI=1S/C26H26N4O4/c31-24-16-21(20-8-3-4-9-23(20)34-24)27-11-5-13-29-14-15-30(17-22(29)26(32)33)25-19-7-2-1-6-18(19)10-12-28-25/h1-4,6-10,12,16,22,27H,5,11,13-15,17H2,(H,32,33). The Morgan fingerprint density at radius 1 is 1.09 bits per heavy atom. The quantitative estimate of drug-likeness (QED) is 0.321. The summed E-state index contributed by atoms with van der Waals surface area (Å²) in [7, 11) is 0. The van der Waals surface area contributed by atoms with Crippen LogP contribution in [0.3, 0.4) is 0 Å². The van der Waals surface area contributed by atoms with E-state index in [1.54, 1.807) is 12.3 Å². The fourth-order valence-corrected chi connectivity index (χ4v) is 4.63. The number of carboxylic acid groups (broad SMARTS) is 1. The molecule has 0 bridgehead atoms. The molecular formula is C26H26N4O4. The number of rotatable bonds is 7. The predicted octanol–water partition coefficient (Wildman–Crippen LogP) is 3.42. The largest absolute Gasteiger partial charge is 0.480 e. The van der Waals surface area contributed by atoms with E-state index in [2.05, 4.69) is 15.2 Å². The predicted molar refractivity (Wildman–Crippen MR) is 133 cm³/mol. The molecule has 4 aromatic rings. The Morgan fingerprint density at radius 2 is 1.88 bits per heavy atom. The number of aliphatic carboxylic acids is 1. The van der Waals surface area contributed by atoms with Crippen molar-refractivity contribution in [3.63, 3.8) is 0 Å². The number of anilines is 2. The lowest BCUT2D eigenvalue weighted by molar-refractivity contribution is -0.143. The number of benzene rings is 2. The molecule has 1 atom stereocenters. The topological polar surface area (TPSA) is 98.9 Å². The molecule has 2 aromatic carbocycles. The average molecular weight is 459 g/mol. The first-order chi connectivity index (χ1) is 16.6. The maximum absolute atomic E-state index is 12.1. The number of fused-ring (bicyclic) bond motifs is 2. The van der Waals surface area contributed by atoms with E-state index < -0.39 is 17.6 Å². The van der Waals surface area contributed by atoms with Crippen LogP contribution in [-0.2, 0) is 4.79 Å². The fraction of sp³-hybridized carbons (Fsp3) is 0.269. The lowest BCUT2D eigenvalue weighted by Crippen LogP contribution is -2.57. The molecule has 5 rings (SSSR count). The van der Waals surface area contributed by atoms with E-state index in [9.17, 15) is 14.7 Å². The first kappa shape index (κ1) is 21.9. The molecule has 1 aliphatic heterocycles. The minimum absolute atomic E-state index is 0.383. The summed E-state index contributed by atoms with van der Waals surface area (Å²) in [4.78, 5) is 32.6. The number of hydrogen-bond donors (Lipinski definition) is 2. The third-order valence-corrected chi connectivity index (χ3v) is 6.32. The van der Waals surface area contributed by atoms with Gasteiger partial charge in [0.15, 0.2) is 0 Å². The van der Waals surface area contributed by atoms with Crippen molar-refractivity contribution in [1.29, 1.82) is 0 Å². The zero-order chi connectivity index (χ0) is 23.5. The molecule has 0 saturated carbocycles. The van der Waals surface area contributed by atoms with E-state index in [1.165, 1.54) is 6.07 Å². The molecule has 0 radical (unpaired) electrons. The number of pyridine rings is 1. The second-order valence-electron chi connectivity index (χ2n) is 8.45. The Labute approximate surface area is 196 Å². The maximum atomic E-state index is 12.1. The highest BCUT2D eigenvalue weighted by Gasteiger charge is 2.32. The van der Waals surface area contributed by atoms with E-state index in [1.807, 2.05) is 53.4 Å². The Bertz CT molecular complexity index is 1380. The van der Waals surface area contributed by atoms with Gasteiger partial charge in [-0.05, 0) is 30.0 Å². The number of aromatic nitrogens is 1. The molecule has 8 heteroatoms. The third kappa shape index (κ3) is 4.45. The molecule has 1 saturated heterocycles. The molecule has 34 heavy (non-hydrogen) atoms. The molecule has 174 valence electrons. The highest BCUT2D eigenvalue weighted by atomic mass is 16.4.